The highest BCUT2D eigenvalue weighted by atomic mass is 35.5. The summed E-state index contributed by atoms with van der Waals surface area (Å²) < 4.78 is 5.57. The van der Waals surface area contributed by atoms with Crippen molar-refractivity contribution in [2.45, 2.75) is 13.3 Å². The van der Waals surface area contributed by atoms with Crippen molar-refractivity contribution in [1.82, 2.24) is 9.88 Å². The van der Waals surface area contributed by atoms with Gasteiger partial charge in [0.25, 0.3) is 5.91 Å². The number of aryl methyl sites for hydroxylation is 1. The predicted octanol–water partition coefficient (Wildman–Crippen LogP) is 4.82. The van der Waals surface area contributed by atoms with Gasteiger partial charge in [0.15, 0.2) is 6.61 Å². The molecule has 5 heteroatoms. The number of fused-ring (bicyclic) bond motifs is 1. The Morgan fingerprint density at radius 1 is 1.22 bits per heavy atom. The van der Waals surface area contributed by atoms with E-state index in [0.717, 1.165) is 6.42 Å². The van der Waals surface area contributed by atoms with Gasteiger partial charge in [0.1, 0.15) is 5.75 Å². The lowest BCUT2D eigenvalue weighted by Crippen LogP contribution is -2.37. The molecule has 1 N–H and O–H groups in total. The van der Waals surface area contributed by atoms with E-state index in [1.807, 2.05) is 17.0 Å². The van der Waals surface area contributed by atoms with Crippen molar-refractivity contribution < 1.29 is 9.53 Å². The SMILES string of the molecule is Cc1cccc2c(C3=CCN(C(=O)COc4ccccc4Cl)CC3)c[nH]c12. The first-order chi connectivity index (χ1) is 13.1. The summed E-state index contributed by atoms with van der Waals surface area (Å²) in [6.45, 7) is 3.39. The first-order valence-corrected chi connectivity index (χ1v) is 9.42. The first kappa shape index (κ1) is 17.7. The van der Waals surface area contributed by atoms with Crippen LogP contribution in [-0.2, 0) is 4.79 Å². The van der Waals surface area contributed by atoms with E-state index in [4.69, 9.17) is 16.3 Å². The maximum Gasteiger partial charge on any atom is 0.260 e. The average molecular weight is 381 g/mol. The van der Waals surface area contributed by atoms with Crippen LogP contribution in [0.15, 0.2) is 54.7 Å². The van der Waals surface area contributed by atoms with Crippen LogP contribution in [0.25, 0.3) is 16.5 Å². The van der Waals surface area contributed by atoms with Crippen molar-refractivity contribution in [3.05, 3.63) is 70.9 Å². The third-order valence-electron chi connectivity index (χ3n) is 5.02. The zero-order valence-corrected chi connectivity index (χ0v) is 15.9. The molecule has 0 saturated heterocycles. The largest absolute Gasteiger partial charge is 0.482 e. The second-order valence-electron chi connectivity index (χ2n) is 6.74. The van der Waals surface area contributed by atoms with Gasteiger partial charge in [-0.2, -0.15) is 0 Å². The number of ether oxygens (including phenoxy) is 1. The third-order valence-corrected chi connectivity index (χ3v) is 5.33. The quantitative estimate of drug-likeness (QED) is 0.705. The summed E-state index contributed by atoms with van der Waals surface area (Å²) in [5.41, 5.74) is 4.93. The molecular formula is C22H21ClN2O2. The Labute approximate surface area is 163 Å². The molecule has 0 unspecified atom stereocenters. The van der Waals surface area contributed by atoms with Crippen LogP contribution < -0.4 is 4.74 Å². The van der Waals surface area contributed by atoms with Crippen LogP contribution in [0.4, 0.5) is 0 Å². The van der Waals surface area contributed by atoms with Gasteiger partial charge in [0.05, 0.1) is 5.02 Å². The number of halogens is 1. The summed E-state index contributed by atoms with van der Waals surface area (Å²) in [7, 11) is 0. The minimum absolute atomic E-state index is 0.000807. The monoisotopic (exact) mass is 380 g/mol. The van der Waals surface area contributed by atoms with Crippen LogP contribution >= 0.6 is 11.6 Å². The number of rotatable bonds is 4. The van der Waals surface area contributed by atoms with Gasteiger partial charge < -0.3 is 14.6 Å². The number of amides is 1. The second kappa shape index (κ2) is 7.49. The van der Waals surface area contributed by atoms with Gasteiger partial charge in [-0.15, -0.1) is 0 Å². The molecule has 0 bridgehead atoms. The van der Waals surface area contributed by atoms with Crippen molar-refractivity contribution >= 4 is 34.0 Å². The van der Waals surface area contributed by atoms with Gasteiger partial charge in [-0.05, 0) is 36.6 Å². The van der Waals surface area contributed by atoms with E-state index in [9.17, 15) is 4.79 Å². The van der Waals surface area contributed by atoms with Crippen LogP contribution in [0.1, 0.15) is 17.5 Å². The van der Waals surface area contributed by atoms with E-state index in [-0.39, 0.29) is 12.5 Å². The lowest BCUT2D eigenvalue weighted by Gasteiger charge is -2.26. The Bertz CT molecular complexity index is 1020. The number of H-pyrrole nitrogens is 1. The predicted molar refractivity (Wildman–Crippen MR) is 109 cm³/mol. The number of hydrogen-bond donors (Lipinski definition) is 1. The highest BCUT2D eigenvalue weighted by molar-refractivity contribution is 6.32. The fourth-order valence-corrected chi connectivity index (χ4v) is 3.69. The Hall–Kier alpha value is -2.72. The summed E-state index contributed by atoms with van der Waals surface area (Å²) in [5.74, 6) is 0.509. The lowest BCUT2D eigenvalue weighted by molar-refractivity contribution is -0.132. The molecule has 1 aromatic heterocycles. The molecule has 2 aromatic carbocycles. The molecule has 0 saturated carbocycles. The van der Waals surface area contributed by atoms with Gasteiger partial charge >= 0.3 is 0 Å². The maximum absolute atomic E-state index is 12.5. The second-order valence-corrected chi connectivity index (χ2v) is 7.15. The van der Waals surface area contributed by atoms with E-state index in [0.29, 0.717) is 23.9 Å². The third kappa shape index (κ3) is 3.58. The lowest BCUT2D eigenvalue weighted by atomic mass is 9.98. The number of carbonyl (C=O) groups excluding carboxylic acids is 1. The normalized spacial score (nSPS) is 14.3. The van der Waals surface area contributed by atoms with E-state index < -0.39 is 0 Å². The van der Waals surface area contributed by atoms with Crippen LogP contribution in [0.5, 0.6) is 5.75 Å². The van der Waals surface area contributed by atoms with E-state index in [1.54, 1.807) is 12.1 Å². The fraction of sp³-hybridized carbons (Fsp3) is 0.227. The summed E-state index contributed by atoms with van der Waals surface area (Å²) in [6.07, 6.45) is 5.04. The molecule has 27 heavy (non-hydrogen) atoms. The number of nitrogens with zero attached hydrogens (tertiary/aromatic N) is 1. The van der Waals surface area contributed by atoms with Crippen LogP contribution in [0.2, 0.25) is 5.02 Å². The van der Waals surface area contributed by atoms with E-state index in [2.05, 4.69) is 42.4 Å². The van der Waals surface area contributed by atoms with Gasteiger partial charge in [-0.25, -0.2) is 0 Å². The van der Waals surface area contributed by atoms with E-state index >= 15 is 0 Å². The van der Waals surface area contributed by atoms with Gasteiger partial charge in [-0.1, -0.05) is 48.0 Å². The van der Waals surface area contributed by atoms with Crippen molar-refractivity contribution in [2.24, 2.45) is 0 Å². The number of aromatic amines is 1. The first-order valence-electron chi connectivity index (χ1n) is 9.04. The Morgan fingerprint density at radius 3 is 2.85 bits per heavy atom. The Morgan fingerprint density at radius 2 is 2.07 bits per heavy atom. The maximum atomic E-state index is 12.5. The van der Waals surface area contributed by atoms with Crippen molar-refractivity contribution in [3.63, 3.8) is 0 Å². The molecule has 1 aliphatic heterocycles. The topological polar surface area (TPSA) is 45.3 Å². The summed E-state index contributed by atoms with van der Waals surface area (Å²) in [4.78, 5) is 17.7. The summed E-state index contributed by atoms with van der Waals surface area (Å²) >= 11 is 6.07. The molecule has 0 radical (unpaired) electrons. The summed E-state index contributed by atoms with van der Waals surface area (Å²) in [6, 6.07) is 13.5. The molecule has 4 nitrogen and oxygen atoms in total. The van der Waals surface area contributed by atoms with Gasteiger partial charge in [-0.3, -0.25) is 4.79 Å². The molecular weight excluding hydrogens is 360 g/mol. The Kier molecular flexibility index (Phi) is 4.90. The molecule has 0 fully saturated rings. The number of aromatic nitrogens is 1. The van der Waals surface area contributed by atoms with Crippen LogP contribution in [-0.4, -0.2) is 35.5 Å². The van der Waals surface area contributed by atoms with Gasteiger partial charge in [0, 0.05) is 35.8 Å². The fourth-order valence-electron chi connectivity index (χ4n) is 3.50. The number of carbonyl (C=O) groups is 1. The molecule has 0 atom stereocenters. The molecule has 4 rings (SSSR count). The summed E-state index contributed by atoms with van der Waals surface area (Å²) in [5, 5.41) is 1.75. The molecule has 0 aliphatic carbocycles. The standard InChI is InChI=1S/C22H21ClN2O2/c1-15-5-4-6-17-18(13-24-22(15)17)16-9-11-25(12-10-16)21(26)14-27-20-8-3-2-7-19(20)23/h2-9,13,24H,10-12,14H2,1H3. The number of para-hydroxylation sites is 2. The van der Waals surface area contributed by atoms with Crippen LogP contribution in [0.3, 0.4) is 0 Å². The van der Waals surface area contributed by atoms with Crippen molar-refractivity contribution in [1.29, 1.82) is 0 Å². The number of hydrogen-bond acceptors (Lipinski definition) is 2. The number of nitrogens with one attached hydrogen (secondary N) is 1. The smallest absolute Gasteiger partial charge is 0.260 e. The Balaban J connectivity index is 1.43. The molecule has 2 heterocycles. The molecule has 138 valence electrons. The van der Waals surface area contributed by atoms with Crippen molar-refractivity contribution in [2.75, 3.05) is 19.7 Å². The highest BCUT2D eigenvalue weighted by Gasteiger charge is 2.20. The molecule has 1 aliphatic rings. The molecule has 0 spiro atoms. The minimum Gasteiger partial charge on any atom is -0.482 e. The zero-order chi connectivity index (χ0) is 18.8. The minimum atomic E-state index is -0.0278. The number of benzene rings is 2. The van der Waals surface area contributed by atoms with E-state index in [1.165, 1.54) is 27.6 Å². The molecule has 3 aromatic rings. The van der Waals surface area contributed by atoms with Crippen LogP contribution in [0, 0.1) is 6.92 Å². The highest BCUT2D eigenvalue weighted by Crippen LogP contribution is 2.30. The molecule has 1 amide bonds. The zero-order valence-electron chi connectivity index (χ0n) is 15.2. The average Bonchev–Trinajstić information content (AvgIpc) is 3.13. The van der Waals surface area contributed by atoms with Gasteiger partial charge in [0.2, 0.25) is 0 Å². The van der Waals surface area contributed by atoms with Crippen molar-refractivity contribution in [3.8, 4) is 5.75 Å².